The molecule has 10 heteroatoms. The molecule has 0 amide bonds. The van der Waals surface area contributed by atoms with Gasteiger partial charge in [0.05, 0.1) is 29.1 Å². The maximum atomic E-state index is 12.9. The van der Waals surface area contributed by atoms with Crippen molar-refractivity contribution in [1.82, 2.24) is 29.2 Å². The highest BCUT2D eigenvalue weighted by Crippen LogP contribution is 2.38. The third-order valence-corrected chi connectivity index (χ3v) is 7.93. The number of rotatable bonds is 6. The molecule has 1 aromatic carbocycles. The monoisotopic (exact) mass is 478 g/mol. The standard InChI is InChI=1S/C24H31N8OP/c1-30-12-9-18(10-13-30)32-16-17(15-25-32)26-24-28-20-11-14-31(2)22(20)23(29-24)27-19-7-5-6-8-21(19)34(3,4)33/h5-8,11,14-16,18H,9-10,12-13H2,1-4H3,(H2,26,27,28,29). The summed E-state index contributed by atoms with van der Waals surface area (Å²) in [4.78, 5) is 11.9. The zero-order valence-electron chi connectivity index (χ0n) is 20.1. The quantitative estimate of drug-likeness (QED) is 0.402. The fraction of sp³-hybridized carbons (Fsp3) is 0.375. The molecule has 3 aromatic heterocycles. The molecule has 0 aliphatic carbocycles. The number of benzene rings is 1. The minimum Gasteiger partial charge on any atom is -0.346 e. The van der Waals surface area contributed by atoms with Crippen molar-refractivity contribution < 1.29 is 4.57 Å². The molecule has 0 radical (unpaired) electrons. The number of aromatic nitrogens is 5. The molecule has 1 aliphatic rings. The number of piperidine rings is 1. The van der Waals surface area contributed by atoms with Crippen LogP contribution in [0.15, 0.2) is 48.9 Å². The average molecular weight is 479 g/mol. The van der Waals surface area contributed by atoms with Gasteiger partial charge in [0.25, 0.3) is 0 Å². The third-order valence-electron chi connectivity index (χ3n) is 6.38. The van der Waals surface area contributed by atoms with Crippen LogP contribution >= 0.6 is 7.14 Å². The number of likely N-dealkylation sites (tertiary alicyclic amines) is 1. The summed E-state index contributed by atoms with van der Waals surface area (Å²) in [5.74, 6) is 1.14. The van der Waals surface area contributed by atoms with Crippen LogP contribution in [0, 0.1) is 0 Å². The van der Waals surface area contributed by atoms with E-state index >= 15 is 0 Å². The van der Waals surface area contributed by atoms with Crippen molar-refractivity contribution in [3.8, 4) is 0 Å². The van der Waals surface area contributed by atoms with E-state index in [1.807, 2.05) is 65.2 Å². The van der Waals surface area contributed by atoms with Crippen molar-refractivity contribution in [3.63, 3.8) is 0 Å². The second-order valence-electron chi connectivity index (χ2n) is 9.42. The van der Waals surface area contributed by atoms with Gasteiger partial charge in [0.15, 0.2) is 5.82 Å². The molecule has 0 saturated carbocycles. The molecule has 1 saturated heterocycles. The molecule has 0 bridgehead atoms. The van der Waals surface area contributed by atoms with Gasteiger partial charge in [-0.1, -0.05) is 12.1 Å². The highest BCUT2D eigenvalue weighted by atomic mass is 31.2. The fourth-order valence-electron chi connectivity index (χ4n) is 4.50. The van der Waals surface area contributed by atoms with Gasteiger partial charge in [-0.2, -0.15) is 10.1 Å². The normalized spacial score (nSPS) is 15.6. The van der Waals surface area contributed by atoms with E-state index in [0.29, 0.717) is 17.8 Å². The van der Waals surface area contributed by atoms with Gasteiger partial charge in [0.1, 0.15) is 12.7 Å². The lowest BCUT2D eigenvalue weighted by atomic mass is 10.1. The van der Waals surface area contributed by atoms with Crippen LogP contribution < -0.4 is 15.9 Å². The Labute approximate surface area is 199 Å². The van der Waals surface area contributed by atoms with Crippen molar-refractivity contribution in [2.45, 2.75) is 18.9 Å². The topological polar surface area (TPSA) is 92.9 Å². The number of anilines is 4. The van der Waals surface area contributed by atoms with Crippen LogP contribution in [0.5, 0.6) is 0 Å². The number of nitrogens with one attached hydrogen (secondary N) is 2. The van der Waals surface area contributed by atoms with Crippen LogP contribution in [0.2, 0.25) is 0 Å². The van der Waals surface area contributed by atoms with E-state index in [1.54, 1.807) is 13.3 Å². The summed E-state index contributed by atoms with van der Waals surface area (Å²) in [5.41, 5.74) is 3.34. The zero-order valence-corrected chi connectivity index (χ0v) is 21.0. The second-order valence-corrected chi connectivity index (χ2v) is 12.6. The summed E-state index contributed by atoms with van der Waals surface area (Å²) >= 11 is 0. The van der Waals surface area contributed by atoms with Gasteiger partial charge >= 0.3 is 0 Å². The van der Waals surface area contributed by atoms with E-state index in [0.717, 1.165) is 53.6 Å². The molecule has 5 rings (SSSR count). The molecule has 1 fully saturated rings. The summed E-state index contributed by atoms with van der Waals surface area (Å²) in [6.07, 6.45) is 8.00. The van der Waals surface area contributed by atoms with Crippen molar-refractivity contribution in [2.75, 3.05) is 44.1 Å². The van der Waals surface area contributed by atoms with E-state index < -0.39 is 7.14 Å². The molecule has 0 unspecified atom stereocenters. The summed E-state index contributed by atoms with van der Waals surface area (Å²) in [6, 6.07) is 10.1. The van der Waals surface area contributed by atoms with E-state index in [2.05, 4.69) is 27.7 Å². The van der Waals surface area contributed by atoms with E-state index in [9.17, 15) is 4.57 Å². The number of para-hydroxylation sites is 1. The lowest BCUT2D eigenvalue weighted by Gasteiger charge is -2.28. The third kappa shape index (κ3) is 4.58. The van der Waals surface area contributed by atoms with Crippen molar-refractivity contribution in [3.05, 3.63) is 48.9 Å². The van der Waals surface area contributed by atoms with Crippen LogP contribution in [-0.4, -0.2) is 62.7 Å². The smallest absolute Gasteiger partial charge is 0.229 e. The Balaban J connectivity index is 1.45. The average Bonchev–Trinajstić information content (AvgIpc) is 3.41. The van der Waals surface area contributed by atoms with Gasteiger partial charge in [-0.05, 0) is 64.5 Å². The van der Waals surface area contributed by atoms with Crippen LogP contribution in [0.1, 0.15) is 18.9 Å². The van der Waals surface area contributed by atoms with E-state index in [4.69, 9.17) is 9.97 Å². The Morgan fingerprint density at radius 1 is 1.03 bits per heavy atom. The fourth-order valence-corrected chi connectivity index (χ4v) is 5.66. The van der Waals surface area contributed by atoms with Gasteiger partial charge in [0.2, 0.25) is 5.95 Å². The molecule has 4 aromatic rings. The molecule has 0 spiro atoms. The summed E-state index contributed by atoms with van der Waals surface area (Å²) in [6.45, 7) is 5.72. The minimum atomic E-state index is -2.47. The summed E-state index contributed by atoms with van der Waals surface area (Å²) in [7, 11) is 1.65. The first-order valence-corrected chi connectivity index (χ1v) is 14.1. The highest BCUT2D eigenvalue weighted by molar-refractivity contribution is 7.70. The number of aryl methyl sites for hydroxylation is 1. The molecule has 34 heavy (non-hydrogen) atoms. The maximum absolute atomic E-state index is 12.9. The first-order valence-electron chi connectivity index (χ1n) is 11.5. The molecule has 9 nitrogen and oxygen atoms in total. The molecule has 1 aliphatic heterocycles. The lowest BCUT2D eigenvalue weighted by Crippen LogP contribution is -2.31. The Kier molecular flexibility index (Phi) is 5.91. The van der Waals surface area contributed by atoms with Gasteiger partial charge in [-0.15, -0.1) is 0 Å². The van der Waals surface area contributed by atoms with Gasteiger partial charge in [0, 0.05) is 24.7 Å². The zero-order chi connectivity index (χ0) is 23.9. The summed E-state index contributed by atoms with van der Waals surface area (Å²) < 4.78 is 16.9. The lowest BCUT2D eigenvalue weighted by molar-refractivity contribution is 0.212. The predicted molar refractivity (Wildman–Crippen MR) is 139 cm³/mol. The van der Waals surface area contributed by atoms with Crippen molar-refractivity contribution in [2.24, 2.45) is 7.05 Å². The Morgan fingerprint density at radius 2 is 1.79 bits per heavy atom. The van der Waals surface area contributed by atoms with Gasteiger partial charge in [-0.25, -0.2) is 4.98 Å². The molecule has 2 N–H and O–H groups in total. The van der Waals surface area contributed by atoms with Crippen LogP contribution in [-0.2, 0) is 11.6 Å². The number of fused-ring (bicyclic) bond motifs is 1. The first kappa shape index (κ1) is 22.6. The van der Waals surface area contributed by atoms with Gasteiger partial charge < -0.3 is 24.7 Å². The SMILES string of the molecule is CN1CCC(n2cc(Nc3nc(Nc4ccccc4P(C)(C)=O)c4c(ccn4C)n3)cn2)CC1. The van der Waals surface area contributed by atoms with Gasteiger partial charge in [-0.3, -0.25) is 4.68 Å². The molecular formula is C24H31N8OP. The Morgan fingerprint density at radius 3 is 2.56 bits per heavy atom. The van der Waals surface area contributed by atoms with Crippen molar-refractivity contribution in [1.29, 1.82) is 0 Å². The van der Waals surface area contributed by atoms with Crippen LogP contribution in [0.4, 0.5) is 23.1 Å². The second kappa shape index (κ2) is 8.89. The minimum absolute atomic E-state index is 0.414. The molecule has 4 heterocycles. The maximum Gasteiger partial charge on any atom is 0.229 e. The molecule has 178 valence electrons. The number of hydrogen-bond donors (Lipinski definition) is 2. The molecular weight excluding hydrogens is 447 g/mol. The highest BCUT2D eigenvalue weighted by Gasteiger charge is 2.20. The molecule has 0 atom stereocenters. The Hall–Kier alpha value is -3.16. The van der Waals surface area contributed by atoms with E-state index in [1.165, 1.54) is 0 Å². The van der Waals surface area contributed by atoms with E-state index in [-0.39, 0.29) is 0 Å². The summed E-state index contributed by atoms with van der Waals surface area (Å²) in [5, 5.41) is 12.1. The number of hydrogen-bond acceptors (Lipinski definition) is 7. The van der Waals surface area contributed by atoms with Crippen molar-refractivity contribution >= 4 is 46.6 Å². The Bertz CT molecular complexity index is 1360. The van der Waals surface area contributed by atoms with Crippen LogP contribution in [0.25, 0.3) is 11.0 Å². The first-order chi connectivity index (χ1) is 16.3. The predicted octanol–water partition coefficient (Wildman–Crippen LogP) is 4.17. The largest absolute Gasteiger partial charge is 0.346 e. The van der Waals surface area contributed by atoms with Crippen LogP contribution in [0.3, 0.4) is 0 Å². The number of nitrogens with zero attached hydrogens (tertiary/aromatic N) is 6.